The summed E-state index contributed by atoms with van der Waals surface area (Å²) in [7, 11) is 0. The molecule has 0 aliphatic carbocycles. The molecule has 12 heteroatoms. The van der Waals surface area contributed by atoms with Gasteiger partial charge in [0.1, 0.15) is 13.0 Å². The fraction of sp³-hybridized carbons (Fsp3) is 0.273. The molecule has 1 saturated heterocycles. The zero-order valence-electron chi connectivity index (χ0n) is 18.4. The SMILES string of the molecule is N/C=N\CNc1ccc(Nc2ncnc(N3CCC(Sc4ccccn4)CC3)c2[N+](=O)[O-])cc1. The van der Waals surface area contributed by atoms with E-state index in [2.05, 4.69) is 30.6 Å². The minimum absolute atomic E-state index is 0.127. The van der Waals surface area contributed by atoms with Gasteiger partial charge in [0.05, 0.1) is 16.3 Å². The van der Waals surface area contributed by atoms with Gasteiger partial charge in [0.2, 0.25) is 11.6 Å². The second kappa shape index (κ2) is 11.3. The highest BCUT2D eigenvalue weighted by atomic mass is 32.2. The highest BCUT2D eigenvalue weighted by Gasteiger charge is 2.30. The Balaban J connectivity index is 1.45. The number of nitrogens with two attached hydrogens (primary N) is 1. The summed E-state index contributed by atoms with van der Waals surface area (Å²) in [5, 5.41) is 19.5. The van der Waals surface area contributed by atoms with E-state index in [0.717, 1.165) is 23.6 Å². The summed E-state index contributed by atoms with van der Waals surface area (Å²) in [4.78, 5) is 30.2. The summed E-state index contributed by atoms with van der Waals surface area (Å²) >= 11 is 1.75. The first-order valence-electron chi connectivity index (χ1n) is 10.8. The summed E-state index contributed by atoms with van der Waals surface area (Å²) in [6.07, 6.45) is 6.15. The maximum atomic E-state index is 12.0. The van der Waals surface area contributed by atoms with Crippen molar-refractivity contribution in [2.75, 3.05) is 35.3 Å². The molecule has 0 amide bonds. The second-order valence-electron chi connectivity index (χ2n) is 7.49. The number of anilines is 4. The Labute approximate surface area is 201 Å². The number of benzene rings is 1. The van der Waals surface area contributed by atoms with Crippen molar-refractivity contribution in [1.82, 2.24) is 15.0 Å². The Morgan fingerprint density at radius 2 is 1.91 bits per heavy atom. The topological polar surface area (TPSA) is 147 Å². The number of thioether (sulfide) groups is 1. The molecular weight excluding hydrogens is 454 g/mol. The van der Waals surface area contributed by atoms with E-state index in [-0.39, 0.29) is 11.5 Å². The van der Waals surface area contributed by atoms with Gasteiger partial charge in [0.25, 0.3) is 0 Å². The molecule has 2 aromatic heterocycles. The average molecular weight is 480 g/mol. The molecule has 3 aromatic rings. The molecule has 0 atom stereocenters. The standard InChI is InChI=1S/C22H25N9O2S/c23-13-24-14-26-16-4-6-17(7-5-16)29-21-20(31(32)33)22(28-15-27-21)30-11-8-18(9-12-30)34-19-3-1-2-10-25-19/h1-7,10,13,15,18,26H,8-9,11-12,14H2,(H2,23,24)(H,27,28,29). The molecule has 0 radical (unpaired) electrons. The van der Waals surface area contributed by atoms with E-state index in [1.807, 2.05) is 35.2 Å². The number of hydrogen-bond donors (Lipinski definition) is 3. The van der Waals surface area contributed by atoms with Gasteiger partial charge in [-0.2, -0.15) is 0 Å². The smallest absolute Gasteiger partial charge is 0.353 e. The van der Waals surface area contributed by atoms with Crippen molar-refractivity contribution in [3.63, 3.8) is 0 Å². The van der Waals surface area contributed by atoms with Crippen molar-refractivity contribution in [3.8, 4) is 0 Å². The van der Waals surface area contributed by atoms with Crippen LogP contribution in [-0.4, -0.2) is 51.2 Å². The van der Waals surface area contributed by atoms with Gasteiger partial charge in [-0.15, -0.1) is 11.8 Å². The highest BCUT2D eigenvalue weighted by Crippen LogP contribution is 2.37. The number of hydrogen-bond acceptors (Lipinski definition) is 10. The summed E-state index contributed by atoms with van der Waals surface area (Å²) in [6, 6.07) is 13.2. The fourth-order valence-electron chi connectivity index (χ4n) is 3.63. The predicted octanol–water partition coefficient (Wildman–Crippen LogP) is 3.64. The van der Waals surface area contributed by atoms with Crippen LogP contribution in [0, 0.1) is 10.1 Å². The van der Waals surface area contributed by atoms with Gasteiger partial charge >= 0.3 is 5.69 Å². The Morgan fingerprint density at radius 3 is 2.59 bits per heavy atom. The Kier molecular flexibility index (Phi) is 7.71. The molecule has 1 aliphatic heterocycles. The third-order valence-electron chi connectivity index (χ3n) is 5.28. The number of pyridine rings is 1. The van der Waals surface area contributed by atoms with Gasteiger partial charge in [0.15, 0.2) is 0 Å². The second-order valence-corrected chi connectivity index (χ2v) is 8.81. The van der Waals surface area contributed by atoms with Crippen LogP contribution in [0.25, 0.3) is 0 Å². The number of nitrogens with one attached hydrogen (secondary N) is 2. The third kappa shape index (κ3) is 5.90. The van der Waals surface area contributed by atoms with E-state index in [1.54, 1.807) is 30.1 Å². The van der Waals surface area contributed by atoms with Gasteiger partial charge < -0.3 is 21.3 Å². The van der Waals surface area contributed by atoms with Crippen LogP contribution in [0.4, 0.5) is 28.7 Å². The number of aromatic nitrogens is 3. The van der Waals surface area contributed by atoms with Crippen molar-refractivity contribution in [1.29, 1.82) is 0 Å². The van der Waals surface area contributed by atoms with Crippen molar-refractivity contribution in [2.24, 2.45) is 10.7 Å². The van der Waals surface area contributed by atoms with Crippen molar-refractivity contribution in [2.45, 2.75) is 23.1 Å². The first-order chi connectivity index (χ1) is 16.6. The van der Waals surface area contributed by atoms with E-state index in [9.17, 15) is 10.1 Å². The van der Waals surface area contributed by atoms with E-state index in [4.69, 9.17) is 5.73 Å². The van der Waals surface area contributed by atoms with Crippen LogP contribution < -0.4 is 21.3 Å². The lowest BCUT2D eigenvalue weighted by Crippen LogP contribution is -2.36. The molecule has 3 heterocycles. The van der Waals surface area contributed by atoms with Gasteiger partial charge in [-0.3, -0.25) is 15.1 Å². The summed E-state index contributed by atoms with van der Waals surface area (Å²) in [6.45, 7) is 1.71. The zero-order valence-corrected chi connectivity index (χ0v) is 19.2. The van der Waals surface area contributed by atoms with Crippen LogP contribution in [0.1, 0.15) is 12.8 Å². The molecule has 0 saturated carbocycles. The molecule has 34 heavy (non-hydrogen) atoms. The maximum Gasteiger partial charge on any atom is 0.353 e. The molecule has 1 aliphatic rings. The molecule has 0 spiro atoms. The lowest BCUT2D eigenvalue weighted by molar-refractivity contribution is -0.383. The van der Waals surface area contributed by atoms with Crippen molar-refractivity contribution >= 4 is 46.8 Å². The van der Waals surface area contributed by atoms with Gasteiger partial charge in [0, 0.05) is 35.9 Å². The van der Waals surface area contributed by atoms with E-state index < -0.39 is 4.92 Å². The first kappa shape index (κ1) is 23.2. The fourth-order valence-corrected chi connectivity index (χ4v) is 4.70. The maximum absolute atomic E-state index is 12.0. The number of piperidine rings is 1. The van der Waals surface area contributed by atoms with Crippen LogP contribution in [0.15, 0.2) is 65.0 Å². The van der Waals surface area contributed by atoms with Gasteiger partial charge in [-0.1, -0.05) is 6.07 Å². The molecular formula is C22H25N9O2S. The molecule has 1 aromatic carbocycles. The van der Waals surface area contributed by atoms with Gasteiger partial charge in [-0.25, -0.2) is 15.0 Å². The van der Waals surface area contributed by atoms with Crippen LogP contribution in [-0.2, 0) is 0 Å². The average Bonchev–Trinajstić information content (AvgIpc) is 2.86. The lowest BCUT2D eigenvalue weighted by atomic mass is 10.1. The summed E-state index contributed by atoms with van der Waals surface area (Å²) < 4.78 is 0. The van der Waals surface area contributed by atoms with E-state index in [1.165, 1.54) is 12.7 Å². The van der Waals surface area contributed by atoms with Crippen LogP contribution in [0.5, 0.6) is 0 Å². The van der Waals surface area contributed by atoms with E-state index >= 15 is 0 Å². The Bertz CT molecular complexity index is 1120. The molecule has 0 unspecified atom stereocenters. The minimum Gasteiger partial charge on any atom is -0.390 e. The number of nitrogens with zero attached hydrogens (tertiary/aromatic N) is 6. The highest BCUT2D eigenvalue weighted by molar-refractivity contribution is 7.99. The largest absolute Gasteiger partial charge is 0.390 e. The quantitative estimate of drug-likeness (QED) is 0.180. The predicted molar refractivity (Wildman–Crippen MR) is 135 cm³/mol. The van der Waals surface area contributed by atoms with Crippen LogP contribution >= 0.6 is 11.8 Å². The Morgan fingerprint density at radius 1 is 1.15 bits per heavy atom. The molecule has 1 fully saturated rings. The van der Waals surface area contributed by atoms with E-state index in [0.29, 0.717) is 36.5 Å². The van der Waals surface area contributed by atoms with Crippen molar-refractivity contribution < 1.29 is 4.92 Å². The summed E-state index contributed by atoms with van der Waals surface area (Å²) in [5.41, 5.74) is 6.62. The van der Waals surface area contributed by atoms with Crippen LogP contribution in [0.3, 0.4) is 0 Å². The molecule has 11 nitrogen and oxygen atoms in total. The summed E-state index contributed by atoms with van der Waals surface area (Å²) in [5.74, 6) is 0.496. The van der Waals surface area contributed by atoms with Gasteiger partial charge in [-0.05, 0) is 49.2 Å². The molecule has 176 valence electrons. The first-order valence-corrected chi connectivity index (χ1v) is 11.6. The molecule has 4 rings (SSSR count). The monoisotopic (exact) mass is 479 g/mol. The number of nitro groups is 1. The molecule has 0 bridgehead atoms. The normalized spacial score (nSPS) is 14.3. The zero-order chi connectivity index (χ0) is 23.8. The van der Waals surface area contributed by atoms with Crippen LogP contribution in [0.2, 0.25) is 0 Å². The molecule has 4 N–H and O–H groups in total. The minimum atomic E-state index is -0.423. The number of aliphatic imine (C=N–C) groups is 1. The number of rotatable bonds is 9. The third-order valence-corrected chi connectivity index (χ3v) is 6.57. The lowest BCUT2D eigenvalue weighted by Gasteiger charge is -2.32. The van der Waals surface area contributed by atoms with Crippen molar-refractivity contribution in [3.05, 3.63) is 65.1 Å². The Hall–Kier alpha value is -3.93.